The van der Waals surface area contributed by atoms with Gasteiger partial charge in [-0.05, 0) is 42.7 Å². The number of rotatable bonds is 13. The lowest BCUT2D eigenvalue weighted by molar-refractivity contribution is -0.120. The molecule has 0 aliphatic heterocycles. The van der Waals surface area contributed by atoms with Gasteiger partial charge in [-0.3, -0.25) is 9.59 Å². The lowest BCUT2D eigenvalue weighted by Crippen LogP contribution is -2.24. The fraction of sp³-hybridized carbons (Fsp3) is 0.400. The van der Waals surface area contributed by atoms with Crippen LogP contribution in [0.5, 0.6) is 5.75 Å². The summed E-state index contributed by atoms with van der Waals surface area (Å²) in [7, 11) is 2.62. The van der Waals surface area contributed by atoms with Gasteiger partial charge in [0, 0.05) is 56.4 Å². The molecule has 0 unspecified atom stereocenters. The van der Waals surface area contributed by atoms with Crippen LogP contribution in [0.2, 0.25) is 0 Å². The number of benzene rings is 2. The number of allylic oxidation sites excluding steroid dienone is 1. The van der Waals surface area contributed by atoms with E-state index in [0.29, 0.717) is 37.1 Å². The third kappa shape index (κ3) is 14.7. The zero-order chi connectivity index (χ0) is 30.3. The number of nitrogens with two attached hydrogens (primary N) is 3. The van der Waals surface area contributed by atoms with Crippen molar-refractivity contribution < 1.29 is 24.5 Å². The quantitative estimate of drug-likeness (QED) is 0.111. The molecule has 0 saturated heterocycles. The molecule has 10 nitrogen and oxygen atoms in total. The van der Waals surface area contributed by atoms with Crippen molar-refractivity contribution in [3.8, 4) is 5.75 Å². The summed E-state index contributed by atoms with van der Waals surface area (Å²) >= 11 is 0. The molecule has 0 aliphatic rings. The second kappa shape index (κ2) is 21.7. The minimum atomic E-state index is -0.134. The van der Waals surface area contributed by atoms with E-state index in [1.165, 1.54) is 18.6 Å². The van der Waals surface area contributed by atoms with E-state index in [1.807, 2.05) is 12.1 Å². The third-order valence-corrected chi connectivity index (χ3v) is 5.30. The van der Waals surface area contributed by atoms with E-state index in [1.54, 1.807) is 37.4 Å². The van der Waals surface area contributed by atoms with Crippen molar-refractivity contribution in [2.75, 3.05) is 27.3 Å². The van der Waals surface area contributed by atoms with Crippen LogP contribution >= 0.6 is 0 Å². The van der Waals surface area contributed by atoms with E-state index in [4.69, 9.17) is 27.0 Å². The molecule has 2 aromatic carbocycles. The predicted molar refractivity (Wildman–Crippen MR) is 161 cm³/mol. The summed E-state index contributed by atoms with van der Waals surface area (Å²) in [5, 5.41) is 22.4. The van der Waals surface area contributed by atoms with E-state index in [-0.39, 0.29) is 34.8 Å². The molecule has 2 amide bonds. The first kappa shape index (κ1) is 35.8. The Morgan fingerprint density at radius 2 is 1.57 bits per heavy atom. The van der Waals surface area contributed by atoms with Crippen LogP contribution < -0.4 is 27.8 Å². The number of amides is 2. The smallest absolute Gasteiger partial charge is 0.251 e. The summed E-state index contributed by atoms with van der Waals surface area (Å²) in [6.07, 6.45) is 6.30. The molecule has 0 spiro atoms. The van der Waals surface area contributed by atoms with Gasteiger partial charge >= 0.3 is 0 Å². The van der Waals surface area contributed by atoms with Gasteiger partial charge in [-0.15, -0.1) is 0 Å². The summed E-state index contributed by atoms with van der Waals surface area (Å²) in [5.41, 5.74) is 19.8. The van der Waals surface area contributed by atoms with Crippen molar-refractivity contribution in [1.82, 2.24) is 10.6 Å². The van der Waals surface area contributed by atoms with Crippen LogP contribution in [0.4, 0.5) is 0 Å². The second-order valence-electron chi connectivity index (χ2n) is 8.68. The molecule has 2 aromatic rings. The first-order valence-electron chi connectivity index (χ1n) is 13.4. The molecule has 10 N–H and O–H groups in total. The number of ether oxygens (including phenoxy) is 1. The maximum absolute atomic E-state index is 12.3. The van der Waals surface area contributed by atoms with E-state index < -0.39 is 0 Å². The molecular formula is C30H47N5O5. The number of carbonyl (C=O) groups excluding carboxylic acids is 2. The van der Waals surface area contributed by atoms with E-state index in [2.05, 4.69) is 24.5 Å². The zero-order valence-electron chi connectivity index (χ0n) is 24.2. The molecule has 0 bridgehead atoms. The average Bonchev–Trinajstić information content (AvgIpc) is 2.96. The number of nitrogens with one attached hydrogen (secondary N) is 2. The molecule has 0 heterocycles. The zero-order valence-corrected chi connectivity index (χ0v) is 24.2. The molecule has 0 saturated carbocycles. The van der Waals surface area contributed by atoms with Gasteiger partial charge in [0.2, 0.25) is 5.91 Å². The minimum absolute atomic E-state index is 0.0241. The Hall–Kier alpha value is -4.18. The standard InChI is InChI=1S/C26H35N5O4.C3H8.CH4O/c1-30-24(33)9-3-2-6-15-31-26(34)19-12-10-18(11-13-19)14-16-35-23(25(28)29)17-21(27)20-7-4-5-8-22(20)32;1-3-2;1-2/h4-5,7-8,10-13,17,32H,2-3,6,9,14-16,27-29H2,1H3,(H,30,33)(H,31,34);3H2,1-2H3;2H,1H3/b21-17-;;. The van der Waals surface area contributed by atoms with Crippen molar-refractivity contribution in [1.29, 1.82) is 0 Å². The van der Waals surface area contributed by atoms with Gasteiger partial charge < -0.3 is 42.8 Å². The Morgan fingerprint density at radius 1 is 0.950 bits per heavy atom. The Labute approximate surface area is 238 Å². The topological polar surface area (TPSA) is 186 Å². The number of aliphatic hydroxyl groups excluding tert-OH is 1. The Morgan fingerprint density at radius 3 is 2.15 bits per heavy atom. The molecule has 2 rings (SSSR count). The van der Waals surface area contributed by atoms with Gasteiger partial charge in [-0.25, -0.2) is 0 Å². The van der Waals surface area contributed by atoms with Gasteiger partial charge in [0.15, 0.2) is 5.76 Å². The highest BCUT2D eigenvalue weighted by atomic mass is 16.5. The van der Waals surface area contributed by atoms with Crippen LogP contribution in [0.1, 0.15) is 67.4 Å². The largest absolute Gasteiger partial charge is 0.507 e. The van der Waals surface area contributed by atoms with Gasteiger partial charge in [0.1, 0.15) is 11.6 Å². The summed E-state index contributed by atoms with van der Waals surface area (Å²) in [6.45, 7) is 5.11. The SMILES string of the molecule is CCC.CNC(=O)CCCCCNC(=O)c1ccc(CCOC(/C=C(\N)c2ccccc2O)=C(N)N)cc1.CO. The predicted octanol–water partition coefficient (Wildman–Crippen LogP) is 3.10. The molecule has 0 fully saturated rings. The first-order chi connectivity index (χ1) is 19.2. The average molecular weight is 558 g/mol. The van der Waals surface area contributed by atoms with Gasteiger partial charge in [0.05, 0.1) is 6.61 Å². The molecule has 222 valence electrons. The number of unbranched alkanes of at least 4 members (excludes halogenated alkanes) is 2. The van der Waals surface area contributed by atoms with Crippen molar-refractivity contribution >= 4 is 17.5 Å². The van der Waals surface area contributed by atoms with Crippen LogP contribution in [-0.4, -0.2) is 49.3 Å². The summed E-state index contributed by atoms with van der Waals surface area (Å²) in [5.74, 6) is 0.138. The van der Waals surface area contributed by atoms with Gasteiger partial charge in [-0.2, -0.15) is 0 Å². The second-order valence-corrected chi connectivity index (χ2v) is 8.68. The maximum atomic E-state index is 12.3. The summed E-state index contributed by atoms with van der Waals surface area (Å²) in [6, 6.07) is 13.9. The highest BCUT2D eigenvalue weighted by Crippen LogP contribution is 2.22. The molecule has 0 atom stereocenters. The van der Waals surface area contributed by atoms with E-state index in [9.17, 15) is 14.7 Å². The van der Waals surface area contributed by atoms with Crippen LogP contribution in [0.3, 0.4) is 0 Å². The molecule has 0 aromatic heterocycles. The molecule has 0 radical (unpaired) electrons. The van der Waals surface area contributed by atoms with E-state index in [0.717, 1.165) is 31.9 Å². The Kier molecular flexibility index (Phi) is 19.5. The third-order valence-electron chi connectivity index (χ3n) is 5.30. The van der Waals surface area contributed by atoms with Crippen molar-refractivity contribution in [3.05, 3.63) is 82.9 Å². The highest BCUT2D eigenvalue weighted by molar-refractivity contribution is 5.94. The van der Waals surface area contributed by atoms with Crippen molar-refractivity contribution in [2.24, 2.45) is 17.2 Å². The first-order valence-corrected chi connectivity index (χ1v) is 13.4. The number of aromatic hydroxyl groups is 1. The Balaban J connectivity index is 0.00000284. The number of para-hydroxylation sites is 1. The minimum Gasteiger partial charge on any atom is -0.507 e. The van der Waals surface area contributed by atoms with Crippen molar-refractivity contribution in [2.45, 2.75) is 52.4 Å². The van der Waals surface area contributed by atoms with Crippen LogP contribution in [0.25, 0.3) is 5.70 Å². The number of hydrogen-bond acceptors (Lipinski definition) is 8. The van der Waals surface area contributed by atoms with Crippen molar-refractivity contribution in [3.63, 3.8) is 0 Å². The van der Waals surface area contributed by atoms with Crippen LogP contribution in [-0.2, 0) is 16.0 Å². The highest BCUT2D eigenvalue weighted by Gasteiger charge is 2.08. The fourth-order valence-electron chi connectivity index (χ4n) is 3.26. The molecule has 10 heteroatoms. The lowest BCUT2D eigenvalue weighted by Gasteiger charge is -2.11. The normalized spacial score (nSPS) is 10.2. The molecule has 40 heavy (non-hydrogen) atoms. The lowest BCUT2D eigenvalue weighted by atomic mass is 10.1. The van der Waals surface area contributed by atoms with E-state index >= 15 is 0 Å². The van der Waals surface area contributed by atoms with Crippen LogP contribution in [0, 0.1) is 0 Å². The van der Waals surface area contributed by atoms with Crippen LogP contribution in [0.15, 0.2) is 66.2 Å². The number of phenolic OH excluding ortho intramolecular Hbond substituents is 1. The number of carbonyl (C=O) groups is 2. The number of hydrogen-bond donors (Lipinski definition) is 7. The summed E-state index contributed by atoms with van der Waals surface area (Å²) < 4.78 is 5.71. The number of phenols is 1. The van der Waals surface area contributed by atoms with Gasteiger partial charge in [0.25, 0.3) is 5.91 Å². The van der Waals surface area contributed by atoms with Gasteiger partial charge in [-0.1, -0.05) is 51.0 Å². The summed E-state index contributed by atoms with van der Waals surface area (Å²) in [4.78, 5) is 23.5. The maximum Gasteiger partial charge on any atom is 0.251 e. The molecule has 0 aliphatic carbocycles. The molecular weight excluding hydrogens is 510 g/mol. The monoisotopic (exact) mass is 557 g/mol. The Bertz CT molecular complexity index is 1060. The number of aliphatic hydroxyl groups is 1. The fourth-order valence-corrected chi connectivity index (χ4v) is 3.26.